The van der Waals surface area contributed by atoms with Gasteiger partial charge in [-0.25, -0.2) is 9.79 Å². The molecule has 0 radical (unpaired) electrons. The first kappa shape index (κ1) is 12.5. The minimum Gasteiger partial charge on any atom is -0.211 e. The predicted molar refractivity (Wildman–Crippen MR) is 71.8 cm³/mol. The van der Waals surface area contributed by atoms with Gasteiger partial charge in [0.1, 0.15) is 0 Å². The van der Waals surface area contributed by atoms with E-state index in [9.17, 15) is 4.79 Å². The van der Waals surface area contributed by atoms with Crippen molar-refractivity contribution in [1.29, 1.82) is 0 Å². The van der Waals surface area contributed by atoms with Gasteiger partial charge in [-0.05, 0) is 36.0 Å². The molecule has 1 aliphatic rings. The van der Waals surface area contributed by atoms with Gasteiger partial charge in [-0.3, -0.25) is 0 Å². The van der Waals surface area contributed by atoms with Crippen LogP contribution in [0.2, 0.25) is 0 Å². The van der Waals surface area contributed by atoms with Crippen molar-refractivity contribution in [3.63, 3.8) is 0 Å². The highest BCUT2D eigenvalue weighted by Gasteiger charge is 2.17. The van der Waals surface area contributed by atoms with Crippen molar-refractivity contribution >= 4 is 22.0 Å². The van der Waals surface area contributed by atoms with Gasteiger partial charge in [0, 0.05) is 4.47 Å². The van der Waals surface area contributed by atoms with Gasteiger partial charge in [-0.1, -0.05) is 47.3 Å². The third kappa shape index (κ3) is 3.27. The Morgan fingerprint density at radius 3 is 2.71 bits per heavy atom. The van der Waals surface area contributed by atoms with E-state index >= 15 is 0 Å². The fourth-order valence-corrected chi connectivity index (χ4v) is 3.29. The molecule has 0 amide bonds. The van der Waals surface area contributed by atoms with Crippen molar-refractivity contribution < 1.29 is 4.79 Å². The number of halogens is 1. The molecule has 0 saturated heterocycles. The van der Waals surface area contributed by atoms with Crippen molar-refractivity contribution in [2.24, 2.45) is 4.99 Å². The summed E-state index contributed by atoms with van der Waals surface area (Å²) < 4.78 is 1.16. The van der Waals surface area contributed by atoms with E-state index < -0.39 is 0 Å². The quantitative estimate of drug-likeness (QED) is 0.602. The van der Waals surface area contributed by atoms with Gasteiger partial charge in [0.25, 0.3) is 0 Å². The lowest BCUT2D eigenvalue weighted by Gasteiger charge is -2.23. The number of nitrogens with zero attached hydrogens (tertiary/aromatic N) is 1. The summed E-state index contributed by atoms with van der Waals surface area (Å²) in [5.74, 6) is 0.696. The predicted octanol–water partition coefficient (Wildman–Crippen LogP) is 4.33. The summed E-state index contributed by atoms with van der Waals surface area (Å²) in [7, 11) is 0. The fourth-order valence-electron chi connectivity index (χ4n) is 2.54. The van der Waals surface area contributed by atoms with E-state index in [2.05, 4.69) is 39.1 Å². The first-order valence-corrected chi connectivity index (χ1v) is 6.92. The molecule has 2 nitrogen and oxygen atoms in total. The van der Waals surface area contributed by atoms with E-state index in [1.54, 1.807) is 6.08 Å². The van der Waals surface area contributed by atoms with Crippen LogP contribution in [0.1, 0.15) is 49.1 Å². The van der Waals surface area contributed by atoms with Gasteiger partial charge in [-0.2, -0.15) is 0 Å². The van der Waals surface area contributed by atoms with Crippen LogP contribution in [0.4, 0.5) is 0 Å². The lowest BCUT2D eigenvalue weighted by atomic mass is 9.84. The third-order valence-electron chi connectivity index (χ3n) is 3.44. The smallest absolute Gasteiger partial charge is 0.211 e. The fraction of sp³-hybridized carbons (Fsp3) is 0.500. The van der Waals surface area contributed by atoms with Crippen LogP contribution in [-0.4, -0.2) is 6.08 Å². The number of hydrogen-bond donors (Lipinski definition) is 0. The monoisotopic (exact) mass is 293 g/mol. The molecule has 90 valence electrons. The highest BCUT2D eigenvalue weighted by Crippen LogP contribution is 2.36. The van der Waals surface area contributed by atoms with E-state index in [4.69, 9.17) is 0 Å². The molecule has 0 heterocycles. The van der Waals surface area contributed by atoms with E-state index in [-0.39, 0.29) is 0 Å². The highest BCUT2D eigenvalue weighted by molar-refractivity contribution is 9.10. The van der Waals surface area contributed by atoms with Gasteiger partial charge >= 0.3 is 0 Å². The van der Waals surface area contributed by atoms with Gasteiger partial charge < -0.3 is 0 Å². The van der Waals surface area contributed by atoms with Gasteiger partial charge in [0.15, 0.2) is 0 Å². The molecule has 0 unspecified atom stereocenters. The molecule has 2 rings (SSSR count). The molecular formula is C14H16BrNO. The van der Waals surface area contributed by atoms with Crippen LogP contribution in [0.5, 0.6) is 0 Å². The Balaban J connectivity index is 2.15. The first-order chi connectivity index (χ1) is 8.31. The summed E-state index contributed by atoms with van der Waals surface area (Å²) in [4.78, 5) is 13.7. The second kappa shape index (κ2) is 6.13. The molecule has 0 N–H and O–H groups in total. The lowest BCUT2D eigenvalue weighted by molar-refractivity contribution is 0.442. The molecular weight excluding hydrogens is 278 g/mol. The van der Waals surface area contributed by atoms with Crippen LogP contribution >= 0.6 is 15.9 Å². The zero-order valence-electron chi connectivity index (χ0n) is 9.79. The zero-order valence-corrected chi connectivity index (χ0v) is 11.4. The SMILES string of the molecule is O=C=NCc1ccc(C2CCCCC2)c(Br)c1. The van der Waals surface area contributed by atoms with E-state index in [1.807, 2.05) is 0 Å². The summed E-state index contributed by atoms with van der Waals surface area (Å²) in [6.45, 7) is 0.424. The highest BCUT2D eigenvalue weighted by atomic mass is 79.9. The van der Waals surface area contributed by atoms with Crippen LogP contribution in [0.3, 0.4) is 0 Å². The van der Waals surface area contributed by atoms with Crippen LogP contribution < -0.4 is 0 Å². The lowest BCUT2D eigenvalue weighted by Crippen LogP contribution is -2.05. The Labute approximate surface area is 110 Å². The van der Waals surface area contributed by atoms with E-state index in [1.165, 1.54) is 37.7 Å². The maximum Gasteiger partial charge on any atom is 0.235 e. The van der Waals surface area contributed by atoms with E-state index in [0.29, 0.717) is 12.5 Å². The maximum absolute atomic E-state index is 10.1. The number of hydrogen-bond acceptors (Lipinski definition) is 2. The molecule has 1 aromatic carbocycles. The average Bonchev–Trinajstić information content (AvgIpc) is 2.37. The Bertz CT molecular complexity index is 432. The second-order valence-electron chi connectivity index (χ2n) is 4.60. The van der Waals surface area contributed by atoms with E-state index in [0.717, 1.165) is 10.0 Å². The molecule has 1 aliphatic carbocycles. The Hall–Kier alpha value is -0.920. The normalized spacial score (nSPS) is 16.5. The average molecular weight is 294 g/mol. The minimum atomic E-state index is 0.424. The first-order valence-electron chi connectivity index (χ1n) is 6.13. The standard InChI is InChI=1S/C14H16BrNO/c15-14-8-11(9-16-10-17)6-7-13(14)12-4-2-1-3-5-12/h6-8,12H,1-5,9H2. The molecule has 1 saturated carbocycles. The van der Waals surface area contributed by atoms with Crippen molar-refractivity contribution in [2.75, 3.05) is 0 Å². The Morgan fingerprint density at radius 1 is 1.29 bits per heavy atom. The maximum atomic E-state index is 10.1. The number of benzene rings is 1. The van der Waals surface area contributed by atoms with Crippen LogP contribution in [0.25, 0.3) is 0 Å². The van der Waals surface area contributed by atoms with Gasteiger partial charge in [0.05, 0.1) is 6.54 Å². The Kier molecular flexibility index (Phi) is 4.52. The Morgan fingerprint density at radius 2 is 2.06 bits per heavy atom. The summed E-state index contributed by atoms with van der Waals surface area (Å²) in [5.41, 5.74) is 2.46. The molecule has 0 aromatic heterocycles. The van der Waals surface area contributed by atoms with Crippen LogP contribution in [-0.2, 0) is 11.3 Å². The van der Waals surface area contributed by atoms with Crippen molar-refractivity contribution in [3.05, 3.63) is 33.8 Å². The number of carbonyl (C=O) groups excluding carboxylic acids is 1. The molecule has 0 spiro atoms. The van der Waals surface area contributed by atoms with Gasteiger partial charge in [-0.15, -0.1) is 0 Å². The largest absolute Gasteiger partial charge is 0.235 e. The topological polar surface area (TPSA) is 29.4 Å². The van der Waals surface area contributed by atoms with Crippen molar-refractivity contribution in [1.82, 2.24) is 0 Å². The second-order valence-corrected chi connectivity index (χ2v) is 5.45. The summed E-state index contributed by atoms with van der Waals surface area (Å²) in [6, 6.07) is 6.32. The van der Waals surface area contributed by atoms with Gasteiger partial charge in [0.2, 0.25) is 6.08 Å². The van der Waals surface area contributed by atoms with Crippen molar-refractivity contribution in [2.45, 2.75) is 44.6 Å². The number of isocyanates is 1. The molecule has 0 bridgehead atoms. The minimum absolute atomic E-state index is 0.424. The summed E-state index contributed by atoms with van der Waals surface area (Å²) in [6.07, 6.45) is 8.22. The molecule has 3 heteroatoms. The molecule has 1 aromatic rings. The molecule has 0 aliphatic heterocycles. The van der Waals surface area contributed by atoms with Crippen LogP contribution in [0.15, 0.2) is 27.7 Å². The molecule has 17 heavy (non-hydrogen) atoms. The molecule has 0 atom stereocenters. The number of rotatable bonds is 3. The third-order valence-corrected chi connectivity index (χ3v) is 4.12. The zero-order chi connectivity index (χ0) is 12.1. The van der Waals surface area contributed by atoms with Crippen molar-refractivity contribution in [3.8, 4) is 0 Å². The summed E-state index contributed by atoms with van der Waals surface area (Å²) >= 11 is 3.63. The molecule has 1 fully saturated rings. The van der Waals surface area contributed by atoms with Crippen LogP contribution in [0, 0.1) is 0 Å². The number of aliphatic imine (C=N–C) groups is 1. The summed E-state index contributed by atoms with van der Waals surface area (Å²) in [5, 5.41) is 0.